The van der Waals surface area contributed by atoms with Crippen molar-refractivity contribution < 1.29 is 0 Å². The van der Waals surface area contributed by atoms with Crippen LogP contribution in [0.2, 0.25) is 0 Å². The molecule has 0 bridgehead atoms. The minimum atomic E-state index is 0.612. The zero-order chi connectivity index (χ0) is 12.8. The summed E-state index contributed by atoms with van der Waals surface area (Å²) in [6.45, 7) is 9.07. The lowest BCUT2D eigenvalue weighted by Crippen LogP contribution is -2.27. The van der Waals surface area contributed by atoms with Crippen LogP contribution in [-0.2, 0) is 6.54 Å². The molecule has 102 valence electrons. The minimum Gasteiger partial charge on any atom is -0.380 e. The lowest BCUT2D eigenvalue weighted by atomic mass is 10.1. The Morgan fingerprint density at radius 1 is 1.33 bits per heavy atom. The molecule has 1 saturated heterocycles. The number of rotatable bonds is 5. The van der Waals surface area contributed by atoms with E-state index in [1.165, 1.54) is 51.0 Å². The maximum atomic E-state index is 4.31. The van der Waals surface area contributed by atoms with E-state index in [0.29, 0.717) is 6.04 Å². The van der Waals surface area contributed by atoms with Crippen LogP contribution in [0.25, 0.3) is 0 Å². The summed E-state index contributed by atoms with van der Waals surface area (Å²) >= 11 is 0. The smallest absolute Gasteiger partial charge is 0.0728 e. The van der Waals surface area contributed by atoms with Crippen molar-refractivity contribution in [2.45, 2.75) is 52.1 Å². The molecule has 2 rings (SSSR count). The van der Waals surface area contributed by atoms with Crippen LogP contribution in [0.5, 0.6) is 0 Å². The summed E-state index contributed by atoms with van der Waals surface area (Å²) in [7, 11) is 0. The monoisotopic (exact) mass is 250 g/mol. The average molecular weight is 250 g/mol. The molecule has 1 fully saturated rings. The summed E-state index contributed by atoms with van der Waals surface area (Å²) in [5, 5.41) is 7.94. The first-order valence-electron chi connectivity index (χ1n) is 7.33. The van der Waals surface area contributed by atoms with Gasteiger partial charge in [-0.1, -0.05) is 6.92 Å². The highest BCUT2D eigenvalue weighted by molar-refractivity contribution is 5.39. The van der Waals surface area contributed by atoms with E-state index in [-0.39, 0.29) is 0 Å². The van der Waals surface area contributed by atoms with Gasteiger partial charge < -0.3 is 10.2 Å². The van der Waals surface area contributed by atoms with Crippen molar-refractivity contribution in [2.75, 3.05) is 25.0 Å². The number of hydrogen-bond acceptors (Lipinski definition) is 3. The predicted molar refractivity (Wildman–Crippen MR) is 75.9 cm³/mol. The summed E-state index contributed by atoms with van der Waals surface area (Å²) in [5.74, 6) is 0. The SMILES string of the molecule is CCCN1CCCC(Nc2cnn(CC)c2)CC1. The van der Waals surface area contributed by atoms with E-state index < -0.39 is 0 Å². The molecular weight excluding hydrogens is 224 g/mol. The van der Waals surface area contributed by atoms with Crippen molar-refractivity contribution in [3.63, 3.8) is 0 Å². The first-order valence-corrected chi connectivity index (χ1v) is 7.33. The summed E-state index contributed by atoms with van der Waals surface area (Å²) in [6.07, 6.45) is 9.14. The van der Waals surface area contributed by atoms with Crippen molar-refractivity contribution >= 4 is 5.69 Å². The second kappa shape index (κ2) is 6.78. The maximum Gasteiger partial charge on any atom is 0.0728 e. The molecule has 1 aromatic rings. The maximum absolute atomic E-state index is 4.31. The van der Waals surface area contributed by atoms with Crippen LogP contribution in [0.4, 0.5) is 5.69 Å². The molecule has 18 heavy (non-hydrogen) atoms. The van der Waals surface area contributed by atoms with Gasteiger partial charge in [-0.15, -0.1) is 0 Å². The van der Waals surface area contributed by atoms with Gasteiger partial charge in [-0.25, -0.2) is 0 Å². The lowest BCUT2D eigenvalue weighted by molar-refractivity contribution is 0.285. The molecule has 1 aliphatic heterocycles. The van der Waals surface area contributed by atoms with E-state index in [4.69, 9.17) is 0 Å². The number of aryl methyl sites for hydroxylation is 1. The number of nitrogens with zero attached hydrogens (tertiary/aromatic N) is 3. The summed E-state index contributed by atoms with van der Waals surface area (Å²) in [6, 6.07) is 0.612. The molecule has 4 nitrogen and oxygen atoms in total. The lowest BCUT2D eigenvalue weighted by Gasteiger charge is -2.19. The van der Waals surface area contributed by atoms with E-state index in [2.05, 4.69) is 35.4 Å². The minimum absolute atomic E-state index is 0.612. The summed E-state index contributed by atoms with van der Waals surface area (Å²) in [5.41, 5.74) is 1.17. The van der Waals surface area contributed by atoms with Crippen LogP contribution in [0, 0.1) is 0 Å². The van der Waals surface area contributed by atoms with E-state index >= 15 is 0 Å². The average Bonchev–Trinajstić information content (AvgIpc) is 2.71. The van der Waals surface area contributed by atoms with Gasteiger partial charge in [0.1, 0.15) is 0 Å². The van der Waals surface area contributed by atoms with E-state index in [9.17, 15) is 0 Å². The molecule has 2 heterocycles. The van der Waals surface area contributed by atoms with Crippen molar-refractivity contribution in [3.8, 4) is 0 Å². The van der Waals surface area contributed by atoms with Gasteiger partial charge in [0.05, 0.1) is 11.9 Å². The third-order valence-corrected chi connectivity index (χ3v) is 3.69. The fourth-order valence-electron chi connectivity index (χ4n) is 2.69. The van der Waals surface area contributed by atoms with Gasteiger partial charge in [0.2, 0.25) is 0 Å². The van der Waals surface area contributed by atoms with Crippen molar-refractivity contribution in [2.24, 2.45) is 0 Å². The van der Waals surface area contributed by atoms with Gasteiger partial charge in [0.15, 0.2) is 0 Å². The molecule has 1 unspecified atom stereocenters. The van der Waals surface area contributed by atoms with Crippen LogP contribution in [0.3, 0.4) is 0 Å². The Labute approximate surface area is 110 Å². The Hall–Kier alpha value is -1.03. The highest BCUT2D eigenvalue weighted by atomic mass is 15.3. The van der Waals surface area contributed by atoms with Crippen molar-refractivity contribution in [1.82, 2.24) is 14.7 Å². The highest BCUT2D eigenvalue weighted by Gasteiger charge is 2.16. The van der Waals surface area contributed by atoms with Crippen LogP contribution in [-0.4, -0.2) is 40.4 Å². The number of likely N-dealkylation sites (tertiary alicyclic amines) is 1. The Kier molecular flexibility index (Phi) is 5.05. The Bertz CT molecular complexity index is 347. The standard InChI is InChI=1S/C14H26N4/c1-3-8-17-9-5-6-13(7-10-17)16-14-11-15-18(4-2)12-14/h11-13,16H,3-10H2,1-2H3. The van der Waals surface area contributed by atoms with Gasteiger partial charge in [0, 0.05) is 25.3 Å². The number of anilines is 1. The van der Waals surface area contributed by atoms with Crippen molar-refractivity contribution in [1.29, 1.82) is 0 Å². The fraction of sp³-hybridized carbons (Fsp3) is 0.786. The first kappa shape index (κ1) is 13.4. The van der Waals surface area contributed by atoms with E-state index in [0.717, 1.165) is 6.54 Å². The Morgan fingerprint density at radius 3 is 2.94 bits per heavy atom. The van der Waals surface area contributed by atoms with Crippen molar-refractivity contribution in [3.05, 3.63) is 12.4 Å². The summed E-state index contributed by atoms with van der Waals surface area (Å²) < 4.78 is 1.97. The quantitative estimate of drug-likeness (QED) is 0.872. The molecular formula is C14H26N4. The van der Waals surface area contributed by atoms with Gasteiger partial charge in [-0.2, -0.15) is 5.10 Å². The van der Waals surface area contributed by atoms with Gasteiger partial charge in [-0.05, 0) is 45.7 Å². The Balaban J connectivity index is 1.82. The van der Waals surface area contributed by atoms with E-state index in [1.807, 2.05) is 10.9 Å². The molecule has 4 heteroatoms. The normalized spacial score (nSPS) is 21.8. The zero-order valence-corrected chi connectivity index (χ0v) is 11.7. The number of aromatic nitrogens is 2. The third kappa shape index (κ3) is 3.73. The van der Waals surface area contributed by atoms with Crippen LogP contribution in [0.15, 0.2) is 12.4 Å². The molecule has 1 aromatic heterocycles. The third-order valence-electron chi connectivity index (χ3n) is 3.69. The molecule has 0 amide bonds. The molecule has 1 aliphatic rings. The fourth-order valence-corrected chi connectivity index (χ4v) is 2.69. The molecule has 1 atom stereocenters. The first-order chi connectivity index (χ1) is 8.81. The molecule has 0 radical (unpaired) electrons. The number of hydrogen-bond donors (Lipinski definition) is 1. The second-order valence-corrected chi connectivity index (χ2v) is 5.20. The molecule has 0 aliphatic carbocycles. The van der Waals surface area contributed by atoms with Gasteiger partial charge in [0.25, 0.3) is 0 Å². The zero-order valence-electron chi connectivity index (χ0n) is 11.7. The summed E-state index contributed by atoms with van der Waals surface area (Å²) in [4.78, 5) is 2.59. The largest absolute Gasteiger partial charge is 0.380 e. The molecule has 0 spiro atoms. The number of nitrogens with one attached hydrogen (secondary N) is 1. The van der Waals surface area contributed by atoms with Gasteiger partial charge in [-0.3, -0.25) is 4.68 Å². The van der Waals surface area contributed by atoms with E-state index in [1.54, 1.807) is 0 Å². The van der Waals surface area contributed by atoms with Gasteiger partial charge >= 0.3 is 0 Å². The molecule has 0 aromatic carbocycles. The molecule has 1 N–H and O–H groups in total. The van der Waals surface area contributed by atoms with Crippen LogP contribution in [0.1, 0.15) is 39.5 Å². The highest BCUT2D eigenvalue weighted by Crippen LogP contribution is 2.16. The molecule has 0 saturated carbocycles. The Morgan fingerprint density at radius 2 is 2.22 bits per heavy atom. The second-order valence-electron chi connectivity index (χ2n) is 5.20. The topological polar surface area (TPSA) is 33.1 Å². The van der Waals surface area contributed by atoms with Crippen LogP contribution < -0.4 is 5.32 Å². The van der Waals surface area contributed by atoms with Crippen LogP contribution >= 0.6 is 0 Å². The predicted octanol–water partition coefficient (Wildman–Crippen LogP) is 2.58.